The van der Waals surface area contributed by atoms with Gasteiger partial charge >= 0.3 is 15.6 Å². The monoisotopic (exact) mass is 953 g/mol. The van der Waals surface area contributed by atoms with Gasteiger partial charge in [0.05, 0.1) is 77.0 Å². The van der Waals surface area contributed by atoms with Crippen molar-refractivity contribution in [1.29, 1.82) is 0 Å². The smallest absolute Gasteiger partial charge is 0.484 e. The molecular weight excluding hydrogens is 915 g/mol. The van der Waals surface area contributed by atoms with Gasteiger partial charge in [0, 0.05) is 57.5 Å². The number of halogens is 5. The van der Waals surface area contributed by atoms with Crippen LogP contribution in [-0.2, 0) is 55.8 Å². The third-order valence-corrected chi connectivity index (χ3v) is 11.7. The van der Waals surface area contributed by atoms with E-state index < -0.39 is 15.6 Å². The normalized spacial score (nSPS) is 19.9. The molecule has 57 heavy (non-hydrogen) atoms. The standard InChI is InChI=1S/C13H11BrN2O2.C7H6BrNO2.C7H11NO2.C6H9NO2.C2H3F3O3S/c14-8-1-2-9-10(3-8)15-11-4-13(6-18-7-13)5-16(11)12(9)17;8-5-1-2-7(11-4-10)6(9)3-5;1-9-6-2-7(3-8-6)4-10-5-7;8-5-1-6(2-7-5)3-9-4-6;1-8-9(6,7)2(3,4)5/h1-3H,4-7H2;1-4H,9H2;2-5H2,1H3;1-4H2,(H,7,8);1H3. The number of nitrogens with two attached hydrogens (primary N) is 1. The van der Waals surface area contributed by atoms with Crippen molar-refractivity contribution in [1.82, 2.24) is 14.9 Å². The Labute approximate surface area is 341 Å². The van der Waals surface area contributed by atoms with Crippen molar-refractivity contribution in [3.8, 4) is 5.75 Å². The Morgan fingerprint density at radius 3 is 1.95 bits per heavy atom. The van der Waals surface area contributed by atoms with E-state index in [1.807, 2.05) is 22.8 Å². The lowest BCUT2D eigenvalue weighted by Crippen LogP contribution is -2.44. The molecule has 6 aliphatic heterocycles. The molecule has 0 aliphatic carbocycles. The molecule has 4 saturated heterocycles. The molecule has 0 unspecified atom stereocenters. The number of fused-ring (bicyclic) bond motifs is 2. The van der Waals surface area contributed by atoms with Crippen LogP contribution < -0.4 is 21.3 Å². The molecule has 3 aromatic rings. The minimum atomic E-state index is -5.34. The van der Waals surface area contributed by atoms with Crippen LogP contribution in [0.2, 0.25) is 0 Å². The highest BCUT2D eigenvalue weighted by Gasteiger charge is 2.47. The molecule has 3 spiro atoms. The Balaban J connectivity index is 0.000000141. The first-order chi connectivity index (χ1) is 26.9. The Morgan fingerprint density at radius 2 is 1.53 bits per heavy atom. The van der Waals surface area contributed by atoms with Gasteiger partial charge in [-0.05, 0) is 36.4 Å². The maximum absolute atomic E-state index is 12.4. The predicted octanol–water partition coefficient (Wildman–Crippen LogP) is 3.76. The van der Waals surface area contributed by atoms with Crippen molar-refractivity contribution < 1.29 is 59.0 Å². The van der Waals surface area contributed by atoms with Crippen LogP contribution in [0.4, 0.5) is 18.9 Å². The third kappa shape index (κ3) is 10.7. The molecule has 2 aromatic carbocycles. The van der Waals surface area contributed by atoms with E-state index in [-0.39, 0.29) is 22.3 Å². The number of carbonyl (C=O) groups excluding carboxylic acids is 2. The van der Waals surface area contributed by atoms with Gasteiger partial charge in [0.25, 0.3) is 12.0 Å². The van der Waals surface area contributed by atoms with Crippen LogP contribution in [-0.4, -0.2) is 109 Å². The molecule has 3 N–H and O–H groups in total. The van der Waals surface area contributed by atoms with E-state index in [9.17, 15) is 36.0 Å². The van der Waals surface area contributed by atoms with Crippen molar-refractivity contribution in [2.24, 2.45) is 21.2 Å². The van der Waals surface area contributed by atoms with E-state index >= 15 is 0 Å². The van der Waals surface area contributed by atoms with Gasteiger partial charge in [-0.3, -0.25) is 28.1 Å². The average molecular weight is 956 g/mol. The highest BCUT2D eigenvalue weighted by Crippen LogP contribution is 2.38. The first-order valence-corrected chi connectivity index (χ1v) is 20.2. The zero-order valence-corrected chi connectivity index (χ0v) is 34.7. The van der Waals surface area contributed by atoms with Gasteiger partial charge in [0.2, 0.25) is 5.91 Å². The van der Waals surface area contributed by atoms with Crippen LogP contribution in [0.25, 0.3) is 10.9 Å². The van der Waals surface area contributed by atoms with E-state index in [1.165, 1.54) is 0 Å². The Hall–Kier alpha value is -3.67. The van der Waals surface area contributed by atoms with Crippen molar-refractivity contribution in [2.45, 2.75) is 31.3 Å². The number of benzene rings is 2. The molecule has 22 heteroatoms. The zero-order chi connectivity index (χ0) is 41.6. The average Bonchev–Trinajstić information content (AvgIpc) is 3.86. The number of nitrogens with zero attached hydrogens (tertiary/aromatic N) is 3. The lowest BCUT2D eigenvalue weighted by molar-refractivity contribution is -0.126. The molecule has 1 amide bonds. The number of ether oxygens (including phenoxy) is 5. The second-order valence-electron chi connectivity index (χ2n) is 14.2. The number of nitrogens with one attached hydrogen (secondary N) is 1. The van der Waals surface area contributed by atoms with E-state index in [1.54, 1.807) is 25.3 Å². The molecule has 7 heterocycles. The fourth-order valence-corrected chi connectivity index (χ4v) is 7.29. The molecule has 0 bridgehead atoms. The van der Waals surface area contributed by atoms with Crippen molar-refractivity contribution in [3.63, 3.8) is 0 Å². The summed E-state index contributed by atoms with van der Waals surface area (Å²) in [5.41, 5.74) is 2.15. The SMILES string of the molecule is COC1=NCC2(COC2)C1.COS(=O)(=O)C(F)(F)F.Nc1cc(Br)ccc1OC=O.O=C1CC2(CN1)COC2.O=c1c2ccc(Br)cc2nc2n1CC1(COC1)C2. The number of rotatable bonds is 3. The minimum Gasteiger partial charge on any atom is -0.484 e. The summed E-state index contributed by atoms with van der Waals surface area (Å²) in [7, 11) is -3.21. The number of alkyl halides is 3. The zero-order valence-electron chi connectivity index (χ0n) is 30.7. The summed E-state index contributed by atoms with van der Waals surface area (Å²) in [5.74, 6) is 2.35. The quantitative estimate of drug-likeness (QED) is 0.166. The summed E-state index contributed by atoms with van der Waals surface area (Å²) in [6.45, 7) is 7.58. The highest BCUT2D eigenvalue weighted by atomic mass is 79.9. The van der Waals surface area contributed by atoms with Crippen LogP contribution in [0.1, 0.15) is 18.7 Å². The number of nitrogen functional groups attached to an aromatic ring is 1. The molecular formula is C35H40Br2F3N5O11S. The number of hydrogen-bond donors (Lipinski definition) is 2. The predicted molar refractivity (Wildman–Crippen MR) is 206 cm³/mol. The second kappa shape index (κ2) is 18.1. The Kier molecular flexibility index (Phi) is 14.1. The summed E-state index contributed by atoms with van der Waals surface area (Å²) < 4.78 is 84.5. The number of carbonyl (C=O) groups is 2. The largest absolute Gasteiger partial charge is 0.523 e. The lowest BCUT2D eigenvalue weighted by Gasteiger charge is -2.36. The summed E-state index contributed by atoms with van der Waals surface area (Å²) in [5, 5.41) is 3.49. The molecule has 9 rings (SSSR count). The van der Waals surface area contributed by atoms with Gasteiger partial charge in [0.1, 0.15) is 5.82 Å². The first kappa shape index (κ1) is 44.4. The maximum atomic E-state index is 12.4. The van der Waals surface area contributed by atoms with Gasteiger partial charge in [-0.2, -0.15) is 21.6 Å². The Bertz CT molecular complexity index is 2160. The van der Waals surface area contributed by atoms with Crippen molar-refractivity contribution in [2.75, 3.05) is 72.7 Å². The van der Waals surface area contributed by atoms with Gasteiger partial charge in [0.15, 0.2) is 11.6 Å². The van der Waals surface area contributed by atoms with Crippen LogP contribution in [0.15, 0.2) is 55.1 Å². The maximum Gasteiger partial charge on any atom is 0.523 e. The van der Waals surface area contributed by atoms with E-state index in [2.05, 4.69) is 56.1 Å². The minimum absolute atomic E-state index is 0.0753. The number of aliphatic imine (C=N–C) groups is 1. The molecule has 0 radical (unpaired) electrons. The van der Waals surface area contributed by atoms with E-state index in [0.717, 1.165) is 98.3 Å². The van der Waals surface area contributed by atoms with Crippen LogP contribution in [0.3, 0.4) is 0 Å². The summed E-state index contributed by atoms with van der Waals surface area (Å²) in [6, 6.07) is 10.7. The topological polar surface area (TPSA) is 209 Å². The number of aromatic nitrogens is 2. The first-order valence-electron chi connectivity index (χ1n) is 17.2. The summed E-state index contributed by atoms with van der Waals surface area (Å²) in [6.07, 6.45) is 2.50. The molecule has 0 saturated carbocycles. The van der Waals surface area contributed by atoms with Crippen LogP contribution >= 0.6 is 31.9 Å². The van der Waals surface area contributed by atoms with Gasteiger partial charge < -0.3 is 34.7 Å². The highest BCUT2D eigenvalue weighted by molar-refractivity contribution is 9.10. The number of methoxy groups -OCH3 is 1. The van der Waals surface area contributed by atoms with E-state index in [4.69, 9.17) is 24.7 Å². The van der Waals surface area contributed by atoms with Gasteiger partial charge in [-0.25, -0.2) is 4.98 Å². The van der Waals surface area contributed by atoms with Gasteiger partial charge in [-0.15, -0.1) is 0 Å². The summed E-state index contributed by atoms with van der Waals surface area (Å²) in [4.78, 5) is 41.9. The van der Waals surface area contributed by atoms with Crippen LogP contribution in [0.5, 0.6) is 5.75 Å². The number of hydrogen-bond acceptors (Lipinski definition) is 14. The van der Waals surface area contributed by atoms with Crippen molar-refractivity contribution in [3.05, 3.63) is 61.5 Å². The summed E-state index contributed by atoms with van der Waals surface area (Å²) >= 11 is 6.64. The molecule has 6 aliphatic rings. The van der Waals surface area contributed by atoms with Gasteiger partial charge in [-0.1, -0.05) is 31.9 Å². The Morgan fingerprint density at radius 1 is 0.912 bits per heavy atom. The fourth-order valence-electron chi connectivity index (χ4n) is 6.38. The molecule has 0 atom stereocenters. The molecule has 312 valence electrons. The third-order valence-electron chi connectivity index (χ3n) is 9.67. The van der Waals surface area contributed by atoms with E-state index in [0.29, 0.717) is 42.2 Å². The van der Waals surface area contributed by atoms with Crippen molar-refractivity contribution >= 4 is 76.8 Å². The number of anilines is 1. The molecule has 4 fully saturated rings. The second-order valence-corrected chi connectivity index (χ2v) is 17.8. The van der Waals surface area contributed by atoms with Crippen LogP contribution in [0, 0.1) is 16.2 Å². The lowest BCUT2D eigenvalue weighted by atomic mass is 9.85. The molecule has 1 aromatic heterocycles. The number of amides is 1. The fraction of sp³-hybridized carbons (Fsp3) is 0.514. The molecule has 16 nitrogen and oxygen atoms in total.